The minimum Gasteiger partial charge on any atom is -0.298 e. The van der Waals surface area contributed by atoms with Gasteiger partial charge in [0.1, 0.15) is 11.6 Å². The SMILES string of the molecule is Cc1ccccc1CSCC(=O)Cc1ccccc1F. The van der Waals surface area contributed by atoms with Gasteiger partial charge < -0.3 is 0 Å². The van der Waals surface area contributed by atoms with Gasteiger partial charge in [0.15, 0.2) is 0 Å². The van der Waals surface area contributed by atoms with E-state index in [-0.39, 0.29) is 18.0 Å². The number of carbonyl (C=O) groups excluding carboxylic acids is 1. The number of aryl methyl sites for hydroxylation is 1. The molecule has 1 nitrogen and oxygen atoms in total. The molecule has 0 radical (unpaired) electrons. The topological polar surface area (TPSA) is 17.1 Å². The van der Waals surface area contributed by atoms with E-state index in [0.29, 0.717) is 11.3 Å². The van der Waals surface area contributed by atoms with Gasteiger partial charge in [-0.2, -0.15) is 0 Å². The van der Waals surface area contributed by atoms with Crippen LogP contribution < -0.4 is 0 Å². The van der Waals surface area contributed by atoms with Crippen LogP contribution >= 0.6 is 11.8 Å². The van der Waals surface area contributed by atoms with E-state index in [1.807, 2.05) is 12.1 Å². The van der Waals surface area contributed by atoms with Crippen LogP contribution in [0.3, 0.4) is 0 Å². The average molecular weight is 288 g/mol. The lowest BCUT2D eigenvalue weighted by Crippen LogP contribution is -2.07. The number of ketones is 1. The first kappa shape index (κ1) is 14.8. The van der Waals surface area contributed by atoms with Crippen LogP contribution in [0.1, 0.15) is 16.7 Å². The lowest BCUT2D eigenvalue weighted by molar-refractivity contribution is -0.116. The average Bonchev–Trinajstić information content (AvgIpc) is 2.43. The quantitative estimate of drug-likeness (QED) is 0.793. The molecule has 2 rings (SSSR count). The van der Waals surface area contributed by atoms with Gasteiger partial charge in [-0.15, -0.1) is 11.8 Å². The molecule has 0 bridgehead atoms. The first-order chi connectivity index (χ1) is 9.66. The minimum atomic E-state index is -0.301. The molecule has 0 atom stereocenters. The molecule has 0 amide bonds. The molecule has 0 saturated carbocycles. The summed E-state index contributed by atoms with van der Waals surface area (Å²) in [5.74, 6) is 0.997. The lowest BCUT2D eigenvalue weighted by Gasteiger charge is -2.05. The second-order valence-electron chi connectivity index (χ2n) is 4.73. The number of hydrogen-bond donors (Lipinski definition) is 0. The van der Waals surface area contributed by atoms with Gasteiger partial charge in [-0.3, -0.25) is 4.79 Å². The maximum Gasteiger partial charge on any atom is 0.147 e. The monoisotopic (exact) mass is 288 g/mol. The Labute approximate surface area is 123 Å². The van der Waals surface area contributed by atoms with Crippen LogP contribution in [0, 0.1) is 12.7 Å². The molecule has 0 aromatic heterocycles. The number of carbonyl (C=O) groups is 1. The number of benzene rings is 2. The fraction of sp³-hybridized carbons (Fsp3) is 0.235. The van der Waals surface area contributed by atoms with Gasteiger partial charge in [-0.05, 0) is 29.7 Å². The maximum absolute atomic E-state index is 13.4. The highest BCUT2D eigenvalue weighted by Crippen LogP contribution is 2.17. The second kappa shape index (κ2) is 7.25. The largest absolute Gasteiger partial charge is 0.298 e. The van der Waals surface area contributed by atoms with E-state index in [1.54, 1.807) is 30.0 Å². The summed E-state index contributed by atoms with van der Waals surface area (Å²) in [5, 5.41) is 0. The van der Waals surface area contributed by atoms with Gasteiger partial charge >= 0.3 is 0 Å². The Hall–Kier alpha value is -1.61. The number of halogens is 1. The summed E-state index contributed by atoms with van der Waals surface area (Å²) in [6.45, 7) is 2.07. The van der Waals surface area contributed by atoms with E-state index < -0.39 is 0 Å². The van der Waals surface area contributed by atoms with Crippen LogP contribution in [0.15, 0.2) is 48.5 Å². The van der Waals surface area contributed by atoms with Crippen molar-refractivity contribution in [3.63, 3.8) is 0 Å². The van der Waals surface area contributed by atoms with E-state index in [2.05, 4.69) is 19.1 Å². The van der Waals surface area contributed by atoms with Crippen molar-refractivity contribution in [2.24, 2.45) is 0 Å². The molecular formula is C17H17FOS. The van der Waals surface area contributed by atoms with Crippen LogP contribution in [0.4, 0.5) is 4.39 Å². The Bertz CT molecular complexity index is 595. The van der Waals surface area contributed by atoms with Gasteiger partial charge in [-0.25, -0.2) is 4.39 Å². The van der Waals surface area contributed by atoms with Crippen LogP contribution in [-0.2, 0) is 17.0 Å². The normalized spacial score (nSPS) is 10.5. The third-order valence-corrected chi connectivity index (χ3v) is 4.17. The zero-order chi connectivity index (χ0) is 14.4. The van der Waals surface area contributed by atoms with Gasteiger partial charge in [0.25, 0.3) is 0 Å². The third-order valence-electron chi connectivity index (χ3n) is 3.13. The number of Topliss-reactive ketones (excluding diaryl/α,β-unsaturated/α-hetero) is 1. The molecular weight excluding hydrogens is 271 g/mol. The molecule has 0 aliphatic heterocycles. The third kappa shape index (κ3) is 4.20. The Kier molecular flexibility index (Phi) is 5.36. The highest BCUT2D eigenvalue weighted by molar-refractivity contribution is 7.99. The lowest BCUT2D eigenvalue weighted by atomic mass is 10.1. The van der Waals surface area contributed by atoms with Gasteiger partial charge in [0, 0.05) is 12.2 Å². The second-order valence-corrected chi connectivity index (χ2v) is 5.71. The fourth-order valence-electron chi connectivity index (χ4n) is 1.95. The summed E-state index contributed by atoms with van der Waals surface area (Å²) < 4.78 is 13.4. The highest BCUT2D eigenvalue weighted by atomic mass is 32.2. The maximum atomic E-state index is 13.4. The molecule has 2 aromatic rings. The predicted molar refractivity (Wildman–Crippen MR) is 82.5 cm³/mol. The number of thioether (sulfide) groups is 1. The van der Waals surface area contributed by atoms with Crippen LogP contribution in [0.25, 0.3) is 0 Å². The number of hydrogen-bond acceptors (Lipinski definition) is 2. The smallest absolute Gasteiger partial charge is 0.147 e. The Balaban J connectivity index is 1.82. The van der Waals surface area contributed by atoms with Gasteiger partial charge in [0.2, 0.25) is 0 Å². The van der Waals surface area contributed by atoms with Crippen molar-refractivity contribution in [2.75, 3.05) is 5.75 Å². The molecule has 20 heavy (non-hydrogen) atoms. The standard InChI is InChI=1S/C17H17FOS/c1-13-6-2-3-8-15(13)11-20-12-16(19)10-14-7-4-5-9-17(14)18/h2-9H,10-12H2,1H3. The summed E-state index contributed by atoms with van der Waals surface area (Å²) in [7, 11) is 0. The molecule has 0 fully saturated rings. The molecule has 0 unspecified atom stereocenters. The molecule has 0 spiro atoms. The van der Waals surface area contributed by atoms with Crippen LogP contribution in [-0.4, -0.2) is 11.5 Å². The highest BCUT2D eigenvalue weighted by Gasteiger charge is 2.08. The van der Waals surface area contributed by atoms with E-state index >= 15 is 0 Å². The van der Waals surface area contributed by atoms with Gasteiger partial charge in [-0.1, -0.05) is 42.5 Å². The van der Waals surface area contributed by atoms with Crippen molar-refractivity contribution in [3.8, 4) is 0 Å². The van der Waals surface area contributed by atoms with Crippen LogP contribution in [0.2, 0.25) is 0 Å². The number of rotatable bonds is 6. The summed E-state index contributed by atoms with van der Waals surface area (Å²) in [4.78, 5) is 11.9. The van der Waals surface area contributed by atoms with Crippen molar-refractivity contribution in [1.29, 1.82) is 0 Å². The zero-order valence-corrected chi connectivity index (χ0v) is 12.3. The van der Waals surface area contributed by atoms with E-state index in [9.17, 15) is 9.18 Å². The van der Waals surface area contributed by atoms with Crippen molar-refractivity contribution in [1.82, 2.24) is 0 Å². The molecule has 0 N–H and O–H groups in total. The summed E-state index contributed by atoms with van der Waals surface area (Å²) in [6.07, 6.45) is 0.174. The molecule has 2 aromatic carbocycles. The van der Waals surface area contributed by atoms with E-state index in [0.717, 1.165) is 5.75 Å². The van der Waals surface area contributed by atoms with E-state index in [1.165, 1.54) is 17.2 Å². The predicted octanol–water partition coefficient (Wildman–Crippen LogP) is 4.18. The summed E-state index contributed by atoms with van der Waals surface area (Å²) in [5.41, 5.74) is 2.96. The molecule has 104 valence electrons. The van der Waals surface area contributed by atoms with E-state index in [4.69, 9.17) is 0 Å². The molecule has 0 aliphatic carbocycles. The van der Waals surface area contributed by atoms with Crippen molar-refractivity contribution in [2.45, 2.75) is 19.1 Å². The molecule has 0 saturated heterocycles. The minimum absolute atomic E-state index is 0.0636. The molecule has 3 heteroatoms. The molecule has 0 heterocycles. The first-order valence-corrected chi connectivity index (χ1v) is 7.69. The van der Waals surface area contributed by atoms with Crippen molar-refractivity contribution in [3.05, 3.63) is 71.0 Å². The fourth-order valence-corrected chi connectivity index (χ4v) is 2.93. The summed E-state index contributed by atoms with van der Waals surface area (Å²) >= 11 is 1.58. The van der Waals surface area contributed by atoms with Crippen LogP contribution in [0.5, 0.6) is 0 Å². The Morgan fingerprint density at radius 2 is 1.70 bits per heavy atom. The van der Waals surface area contributed by atoms with Gasteiger partial charge in [0.05, 0.1) is 5.75 Å². The van der Waals surface area contributed by atoms with Crippen molar-refractivity contribution >= 4 is 17.5 Å². The zero-order valence-electron chi connectivity index (χ0n) is 11.4. The Morgan fingerprint density at radius 1 is 1.05 bits per heavy atom. The first-order valence-electron chi connectivity index (χ1n) is 6.54. The summed E-state index contributed by atoms with van der Waals surface area (Å²) in [6, 6.07) is 14.6. The molecule has 0 aliphatic rings. The van der Waals surface area contributed by atoms with Crippen molar-refractivity contribution < 1.29 is 9.18 Å². The Morgan fingerprint density at radius 3 is 2.40 bits per heavy atom.